The normalized spacial score (nSPS) is 22.8. The van der Waals surface area contributed by atoms with Gasteiger partial charge in [0, 0.05) is 35.3 Å². The van der Waals surface area contributed by atoms with E-state index in [1.165, 1.54) is 0 Å². The van der Waals surface area contributed by atoms with Crippen LogP contribution in [0.4, 0.5) is 13.2 Å². The SMILES string of the molecule is O=C(NN1CCC(c2nnc([C@H]3C[C@@H](C(F)(F)F)C3)o2)CC1)c1cc2cc(Cl)ccc2o1. The number of nitrogens with one attached hydrogen (secondary N) is 1. The third-order valence-electron chi connectivity index (χ3n) is 6.21. The first-order valence-electron chi connectivity index (χ1n) is 10.4. The molecule has 0 spiro atoms. The van der Waals surface area contributed by atoms with Crippen LogP contribution in [-0.2, 0) is 0 Å². The number of furan rings is 1. The van der Waals surface area contributed by atoms with Crippen LogP contribution in [0.3, 0.4) is 0 Å². The van der Waals surface area contributed by atoms with Crippen molar-refractivity contribution < 1.29 is 26.8 Å². The van der Waals surface area contributed by atoms with Gasteiger partial charge in [-0.2, -0.15) is 13.2 Å². The molecule has 3 aromatic rings. The van der Waals surface area contributed by atoms with Crippen LogP contribution in [0, 0.1) is 5.92 Å². The largest absolute Gasteiger partial charge is 0.451 e. The quantitative estimate of drug-likeness (QED) is 0.577. The molecule has 1 saturated heterocycles. The maximum atomic E-state index is 12.7. The average molecular weight is 469 g/mol. The van der Waals surface area contributed by atoms with Crippen LogP contribution < -0.4 is 5.43 Å². The van der Waals surface area contributed by atoms with Crippen molar-refractivity contribution in [2.75, 3.05) is 13.1 Å². The van der Waals surface area contributed by atoms with E-state index in [1.807, 2.05) is 0 Å². The Morgan fingerprint density at radius 1 is 1.06 bits per heavy atom. The van der Waals surface area contributed by atoms with Gasteiger partial charge in [0.1, 0.15) is 5.58 Å². The van der Waals surface area contributed by atoms with Crippen molar-refractivity contribution in [2.45, 2.75) is 43.7 Å². The summed E-state index contributed by atoms with van der Waals surface area (Å²) in [5.41, 5.74) is 3.42. The molecule has 0 atom stereocenters. The third kappa shape index (κ3) is 4.21. The van der Waals surface area contributed by atoms with E-state index in [0.717, 1.165) is 5.39 Å². The predicted molar refractivity (Wildman–Crippen MR) is 108 cm³/mol. The Morgan fingerprint density at radius 2 is 1.75 bits per heavy atom. The van der Waals surface area contributed by atoms with Gasteiger partial charge in [-0.15, -0.1) is 10.2 Å². The highest BCUT2D eigenvalue weighted by molar-refractivity contribution is 6.31. The van der Waals surface area contributed by atoms with Crippen LogP contribution >= 0.6 is 11.6 Å². The molecule has 1 amide bonds. The lowest BCUT2D eigenvalue weighted by molar-refractivity contribution is -0.198. The number of hydrogen-bond donors (Lipinski definition) is 1. The first-order valence-corrected chi connectivity index (χ1v) is 10.8. The second kappa shape index (κ2) is 8.08. The number of carbonyl (C=O) groups is 1. The summed E-state index contributed by atoms with van der Waals surface area (Å²) in [6.07, 6.45) is -2.81. The monoisotopic (exact) mass is 468 g/mol. The third-order valence-corrected chi connectivity index (χ3v) is 6.45. The molecule has 0 unspecified atom stereocenters. The summed E-state index contributed by atoms with van der Waals surface area (Å²) in [4.78, 5) is 12.5. The minimum absolute atomic E-state index is 0.00358. The summed E-state index contributed by atoms with van der Waals surface area (Å²) < 4.78 is 49.3. The second-order valence-corrected chi connectivity index (χ2v) is 8.82. The maximum Gasteiger partial charge on any atom is 0.391 e. The van der Waals surface area contributed by atoms with Crippen molar-refractivity contribution in [3.05, 3.63) is 46.8 Å². The van der Waals surface area contributed by atoms with Crippen molar-refractivity contribution in [3.63, 3.8) is 0 Å². The minimum atomic E-state index is -4.16. The van der Waals surface area contributed by atoms with Crippen LogP contribution in [0.15, 0.2) is 33.1 Å². The van der Waals surface area contributed by atoms with Crippen LogP contribution in [0.5, 0.6) is 0 Å². The molecule has 2 aromatic heterocycles. The van der Waals surface area contributed by atoms with Gasteiger partial charge in [0.2, 0.25) is 11.8 Å². The van der Waals surface area contributed by atoms with Crippen LogP contribution in [0.25, 0.3) is 11.0 Å². The van der Waals surface area contributed by atoms with Gasteiger partial charge in [-0.1, -0.05) is 11.6 Å². The number of rotatable bonds is 4. The highest BCUT2D eigenvalue weighted by atomic mass is 35.5. The van der Waals surface area contributed by atoms with Gasteiger partial charge in [-0.25, -0.2) is 5.01 Å². The van der Waals surface area contributed by atoms with Crippen LogP contribution in [-0.4, -0.2) is 40.4 Å². The van der Waals surface area contributed by atoms with Gasteiger partial charge in [0.15, 0.2) is 5.76 Å². The fourth-order valence-electron chi connectivity index (χ4n) is 4.23. The van der Waals surface area contributed by atoms with E-state index in [9.17, 15) is 18.0 Å². The number of hydrazine groups is 1. The van der Waals surface area contributed by atoms with E-state index in [-0.39, 0.29) is 36.3 Å². The van der Waals surface area contributed by atoms with Crippen molar-refractivity contribution in [2.24, 2.45) is 5.92 Å². The topological polar surface area (TPSA) is 84.4 Å². The van der Waals surface area contributed by atoms with E-state index in [0.29, 0.717) is 48.3 Å². The number of fused-ring (bicyclic) bond motifs is 1. The summed E-state index contributed by atoms with van der Waals surface area (Å²) in [5, 5.41) is 11.2. The molecule has 1 aliphatic heterocycles. The molecule has 0 bridgehead atoms. The first-order chi connectivity index (χ1) is 15.3. The Morgan fingerprint density at radius 3 is 2.44 bits per heavy atom. The summed E-state index contributed by atoms with van der Waals surface area (Å²) >= 11 is 5.97. The number of aromatic nitrogens is 2. The molecule has 1 aliphatic carbocycles. The van der Waals surface area contributed by atoms with Gasteiger partial charge in [0.05, 0.1) is 5.92 Å². The maximum absolute atomic E-state index is 12.7. The lowest BCUT2D eigenvalue weighted by atomic mass is 9.74. The van der Waals surface area contributed by atoms with Gasteiger partial charge >= 0.3 is 12.1 Å². The number of benzene rings is 1. The molecule has 11 heteroatoms. The summed E-state index contributed by atoms with van der Waals surface area (Å²) in [6.45, 7) is 1.14. The zero-order valence-electron chi connectivity index (χ0n) is 16.9. The number of nitrogens with zero attached hydrogens (tertiary/aromatic N) is 3. The fourth-order valence-corrected chi connectivity index (χ4v) is 4.41. The predicted octanol–water partition coefficient (Wildman–Crippen LogP) is 5.05. The lowest BCUT2D eigenvalue weighted by Crippen LogP contribution is -2.46. The molecule has 1 N–H and O–H groups in total. The van der Waals surface area contributed by atoms with E-state index >= 15 is 0 Å². The Bertz CT molecular complexity index is 1130. The molecule has 3 heterocycles. The molecule has 2 fully saturated rings. The fraction of sp³-hybridized carbons (Fsp3) is 0.476. The Balaban J connectivity index is 1.14. The van der Waals surface area contributed by atoms with E-state index in [4.69, 9.17) is 20.4 Å². The smallest absolute Gasteiger partial charge is 0.391 e. The molecule has 170 valence electrons. The van der Waals surface area contributed by atoms with E-state index in [2.05, 4.69) is 15.6 Å². The molecule has 7 nitrogen and oxygen atoms in total. The molecular formula is C21H20ClF3N4O3. The Hall–Kier alpha value is -2.59. The number of halogens is 4. The van der Waals surface area contributed by atoms with Gasteiger partial charge in [-0.3, -0.25) is 10.2 Å². The number of alkyl halides is 3. The van der Waals surface area contributed by atoms with Crippen molar-refractivity contribution in [1.82, 2.24) is 20.6 Å². The molecular weight excluding hydrogens is 449 g/mol. The zero-order valence-corrected chi connectivity index (χ0v) is 17.6. The average Bonchev–Trinajstić information content (AvgIpc) is 3.33. The lowest BCUT2D eigenvalue weighted by Gasteiger charge is -2.34. The minimum Gasteiger partial charge on any atom is -0.451 e. The van der Waals surface area contributed by atoms with Crippen molar-refractivity contribution >= 4 is 28.5 Å². The number of piperidine rings is 1. The van der Waals surface area contributed by atoms with Crippen LogP contribution in [0.1, 0.15) is 59.9 Å². The van der Waals surface area contributed by atoms with Gasteiger partial charge in [-0.05, 0) is 49.9 Å². The number of carbonyl (C=O) groups excluding carboxylic acids is 1. The molecule has 1 saturated carbocycles. The highest BCUT2D eigenvalue weighted by Gasteiger charge is 2.49. The Labute approximate surface area is 185 Å². The van der Waals surface area contributed by atoms with Crippen LogP contribution in [0.2, 0.25) is 5.02 Å². The standard InChI is InChI=1S/C21H20ClF3N4O3/c22-15-1-2-16-12(9-15)10-17(31-16)18(30)28-29-5-3-11(4-6-29)19-26-27-20(32-19)13-7-14(8-13)21(23,24)25/h1-2,9-11,13-14H,3-8H2,(H,28,30)/t13-,14+. The molecule has 2 aliphatic rings. The molecule has 32 heavy (non-hydrogen) atoms. The van der Waals surface area contributed by atoms with Gasteiger partial charge in [0.25, 0.3) is 0 Å². The van der Waals surface area contributed by atoms with E-state index < -0.39 is 12.1 Å². The van der Waals surface area contributed by atoms with Crippen molar-refractivity contribution in [1.29, 1.82) is 0 Å². The van der Waals surface area contributed by atoms with E-state index in [1.54, 1.807) is 29.3 Å². The zero-order chi connectivity index (χ0) is 22.5. The highest BCUT2D eigenvalue weighted by Crippen LogP contribution is 2.49. The van der Waals surface area contributed by atoms with Gasteiger partial charge < -0.3 is 8.83 Å². The summed E-state index contributed by atoms with van der Waals surface area (Å²) in [6, 6.07) is 6.79. The first kappa shape index (κ1) is 21.3. The Kier molecular flexibility index (Phi) is 5.37. The summed E-state index contributed by atoms with van der Waals surface area (Å²) in [7, 11) is 0. The summed E-state index contributed by atoms with van der Waals surface area (Å²) in [5.74, 6) is -0.990. The molecule has 1 aromatic carbocycles. The molecule has 5 rings (SSSR count). The number of hydrogen-bond acceptors (Lipinski definition) is 6. The number of amides is 1. The van der Waals surface area contributed by atoms with Crippen molar-refractivity contribution in [3.8, 4) is 0 Å². The molecule has 0 radical (unpaired) electrons. The second-order valence-electron chi connectivity index (χ2n) is 8.38.